The van der Waals surface area contributed by atoms with Gasteiger partial charge in [0.1, 0.15) is 17.5 Å². The largest absolute Gasteiger partial charge is 0.497 e. The molecule has 0 saturated heterocycles. The standard InChI is InChI=1S/C25H25ClN4O3/c1-25(2)12-19-21(20(31)13-25)22(17-7-5-6-8-18(17)26)30-24(27-19)28-23(29-30)14-9-15(32-3)11-16(10-14)33-4/h5-11,22H,12-13H2,1-4H3,(H,27,28,29). The molecule has 2 heterocycles. The predicted molar refractivity (Wildman–Crippen MR) is 127 cm³/mol. The summed E-state index contributed by atoms with van der Waals surface area (Å²) >= 11 is 6.61. The van der Waals surface area contributed by atoms with E-state index in [9.17, 15) is 4.79 Å². The van der Waals surface area contributed by atoms with Crippen LogP contribution in [0.1, 0.15) is 38.3 Å². The number of nitrogens with one attached hydrogen (secondary N) is 1. The van der Waals surface area contributed by atoms with Gasteiger partial charge in [0.25, 0.3) is 0 Å². The van der Waals surface area contributed by atoms with Crippen molar-refractivity contribution in [2.75, 3.05) is 19.5 Å². The van der Waals surface area contributed by atoms with Gasteiger partial charge in [-0.05, 0) is 30.0 Å². The highest BCUT2D eigenvalue weighted by Crippen LogP contribution is 2.46. The first-order valence-corrected chi connectivity index (χ1v) is 11.1. The van der Waals surface area contributed by atoms with Crippen LogP contribution in [0.5, 0.6) is 11.5 Å². The van der Waals surface area contributed by atoms with E-state index in [-0.39, 0.29) is 11.2 Å². The highest BCUT2D eigenvalue weighted by molar-refractivity contribution is 6.31. The van der Waals surface area contributed by atoms with Crippen LogP contribution in [0.4, 0.5) is 5.95 Å². The Bertz CT molecular complexity index is 1270. The van der Waals surface area contributed by atoms with Crippen molar-refractivity contribution >= 4 is 23.3 Å². The van der Waals surface area contributed by atoms with Gasteiger partial charge in [-0.1, -0.05) is 43.6 Å². The van der Waals surface area contributed by atoms with Gasteiger partial charge in [-0.15, -0.1) is 5.10 Å². The Labute approximate surface area is 197 Å². The summed E-state index contributed by atoms with van der Waals surface area (Å²) < 4.78 is 12.6. The maximum absolute atomic E-state index is 13.4. The quantitative estimate of drug-likeness (QED) is 0.566. The third kappa shape index (κ3) is 3.76. The molecule has 0 fully saturated rings. The average Bonchev–Trinajstić information content (AvgIpc) is 3.21. The molecule has 1 atom stereocenters. The molecule has 2 aliphatic rings. The second-order valence-electron chi connectivity index (χ2n) is 9.19. The molecule has 2 aromatic carbocycles. The van der Waals surface area contributed by atoms with E-state index in [1.165, 1.54) is 0 Å². The number of fused-ring (bicyclic) bond motifs is 1. The number of carbonyl (C=O) groups excluding carboxylic acids is 1. The molecule has 7 nitrogen and oxygen atoms in total. The average molecular weight is 465 g/mol. The number of methoxy groups -OCH3 is 2. The Morgan fingerprint density at radius 2 is 1.79 bits per heavy atom. The summed E-state index contributed by atoms with van der Waals surface area (Å²) in [5.74, 6) is 2.45. The van der Waals surface area contributed by atoms with Gasteiger partial charge < -0.3 is 14.8 Å². The summed E-state index contributed by atoms with van der Waals surface area (Å²) in [5, 5.41) is 8.80. The van der Waals surface area contributed by atoms with Crippen LogP contribution in [-0.4, -0.2) is 34.8 Å². The van der Waals surface area contributed by atoms with Gasteiger partial charge in [-0.3, -0.25) is 4.79 Å². The van der Waals surface area contributed by atoms with Gasteiger partial charge in [0, 0.05) is 39.9 Å². The van der Waals surface area contributed by atoms with Crippen molar-refractivity contribution < 1.29 is 14.3 Å². The monoisotopic (exact) mass is 464 g/mol. The molecule has 0 amide bonds. The summed E-state index contributed by atoms with van der Waals surface area (Å²) in [6.07, 6.45) is 1.21. The Balaban J connectivity index is 1.69. The molecule has 1 aromatic heterocycles. The number of ether oxygens (including phenoxy) is 2. The number of ketones is 1. The summed E-state index contributed by atoms with van der Waals surface area (Å²) in [5.41, 5.74) is 3.02. The lowest BCUT2D eigenvalue weighted by Gasteiger charge is -2.38. The number of hydrogen-bond acceptors (Lipinski definition) is 6. The molecule has 3 aromatic rings. The minimum absolute atomic E-state index is 0.101. The lowest BCUT2D eigenvalue weighted by atomic mass is 9.73. The maximum Gasteiger partial charge on any atom is 0.226 e. The van der Waals surface area contributed by atoms with E-state index in [1.54, 1.807) is 25.0 Å². The predicted octanol–water partition coefficient (Wildman–Crippen LogP) is 5.27. The fourth-order valence-electron chi connectivity index (χ4n) is 4.65. The van der Waals surface area contributed by atoms with Crippen molar-refractivity contribution in [3.05, 3.63) is 64.3 Å². The summed E-state index contributed by atoms with van der Waals surface area (Å²) in [4.78, 5) is 18.1. The zero-order valence-electron chi connectivity index (χ0n) is 19.0. The lowest BCUT2D eigenvalue weighted by Crippen LogP contribution is -2.36. The van der Waals surface area contributed by atoms with E-state index in [0.717, 1.165) is 23.2 Å². The molecule has 0 bridgehead atoms. The van der Waals surface area contributed by atoms with Crippen molar-refractivity contribution in [3.63, 3.8) is 0 Å². The van der Waals surface area contributed by atoms with Crippen molar-refractivity contribution in [1.82, 2.24) is 14.8 Å². The highest BCUT2D eigenvalue weighted by atomic mass is 35.5. The highest BCUT2D eigenvalue weighted by Gasteiger charge is 2.42. The molecule has 1 aliphatic heterocycles. The number of rotatable bonds is 4. The Morgan fingerprint density at radius 3 is 2.45 bits per heavy atom. The fraction of sp³-hybridized carbons (Fsp3) is 0.320. The second kappa shape index (κ2) is 7.92. The molecule has 1 N–H and O–H groups in total. The van der Waals surface area contributed by atoms with Gasteiger partial charge >= 0.3 is 0 Å². The first-order valence-electron chi connectivity index (χ1n) is 10.8. The van der Waals surface area contributed by atoms with E-state index in [2.05, 4.69) is 19.2 Å². The second-order valence-corrected chi connectivity index (χ2v) is 9.59. The van der Waals surface area contributed by atoms with Gasteiger partial charge in [0.05, 0.1) is 14.2 Å². The zero-order valence-corrected chi connectivity index (χ0v) is 19.7. The van der Waals surface area contributed by atoms with Crippen LogP contribution in [0.3, 0.4) is 0 Å². The van der Waals surface area contributed by atoms with Crippen LogP contribution < -0.4 is 14.8 Å². The maximum atomic E-state index is 13.4. The number of hydrogen-bond donors (Lipinski definition) is 1. The van der Waals surface area contributed by atoms with Gasteiger partial charge in [-0.25, -0.2) is 4.68 Å². The Hall–Kier alpha value is -3.32. The van der Waals surface area contributed by atoms with Crippen LogP contribution in [0, 0.1) is 5.41 Å². The smallest absolute Gasteiger partial charge is 0.226 e. The molecule has 33 heavy (non-hydrogen) atoms. The van der Waals surface area contributed by atoms with Gasteiger partial charge in [-0.2, -0.15) is 4.98 Å². The van der Waals surface area contributed by atoms with Crippen LogP contribution in [0.2, 0.25) is 5.02 Å². The summed E-state index contributed by atoms with van der Waals surface area (Å²) in [7, 11) is 3.20. The fourth-order valence-corrected chi connectivity index (χ4v) is 4.89. The molecule has 0 spiro atoms. The third-order valence-electron chi connectivity index (χ3n) is 6.14. The minimum Gasteiger partial charge on any atom is -0.497 e. The number of allylic oxidation sites excluding steroid dienone is 2. The topological polar surface area (TPSA) is 78.3 Å². The SMILES string of the molecule is COc1cc(OC)cc(-c2nc3n(n2)C(c2ccccc2Cl)C2=C(CC(C)(C)CC2=O)N3)c1. The van der Waals surface area contributed by atoms with Crippen LogP contribution >= 0.6 is 11.6 Å². The molecule has 170 valence electrons. The normalized spacial score (nSPS) is 18.9. The number of aromatic nitrogens is 3. The number of Topliss-reactive ketones (excluding diaryl/α,β-unsaturated/α-hetero) is 1. The molecule has 0 saturated carbocycles. The molecule has 1 aliphatic carbocycles. The Morgan fingerprint density at radius 1 is 1.09 bits per heavy atom. The number of anilines is 1. The van der Waals surface area contributed by atoms with E-state index in [0.29, 0.717) is 40.3 Å². The molecule has 8 heteroatoms. The first-order chi connectivity index (χ1) is 15.8. The van der Waals surface area contributed by atoms with Crippen molar-refractivity contribution in [3.8, 4) is 22.9 Å². The van der Waals surface area contributed by atoms with Crippen LogP contribution in [-0.2, 0) is 4.79 Å². The van der Waals surface area contributed by atoms with E-state index < -0.39 is 6.04 Å². The van der Waals surface area contributed by atoms with E-state index in [4.69, 9.17) is 31.2 Å². The van der Waals surface area contributed by atoms with Gasteiger partial charge in [0.15, 0.2) is 11.6 Å². The van der Waals surface area contributed by atoms with Crippen LogP contribution in [0.25, 0.3) is 11.4 Å². The van der Waals surface area contributed by atoms with E-state index in [1.807, 2.05) is 36.4 Å². The number of halogens is 1. The minimum atomic E-state index is -0.456. The van der Waals surface area contributed by atoms with Crippen molar-refractivity contribution in [2.24, 2.45) is 5.41 Å². The Kier molecular flexibility index (Phi) is 5.16. The number of carbonyl (C=O) groups is 1. The molecule has 1 unspecified atom stereocenters. The van der Waals surface area contributed by atoms with Crippen molar-refractivity contribution in [1.29, 1.82) is 0 Å². The van der Waals surface area contributed by atoms with Crippen LogP contribution in [0.15, 0.2) is 53.7 Å². The molecule has 5 rings (SSSR count). The number of benzene rings is 2. The number of nitrogens with zero attached hydrogens (tertiary/aromatic N) is 3. The molecular formula is C25H25ClN4O3. The molecular weight excluding hydrogens is 440 g/mol. The van der Waals surface area contributed by atoms with Crippen molar-refractivity contribution in [2.45, 2.75) is 32.7 Å². The van der Waals surface area contributed by atoms with E-state index >= 15 is 0 Å². The first kappa shape index (κ1) is 21.5. The third-order valence-corrected chi connectivity index (χ3v) is 6.49. The summed E-state index contributed by atoms with van der Waals surface area (Å²) in [6.45, 7) is 4.21. The zero-order chi connectivity index (χ0) is 23.3. The van der Waals surface area contributed by atoms with Gasteiger partial charge in [0.2, 0.25) is 5.95 Å². The molecule has 0 radical (unpaired) electrons. The lowest BCUT2D eigenvalue weighted by molar-refractivity contribution is -0.118. The summed E-state index contributed by atoms with van der Waals surface area (Å²) in [6, 6.07) is 12.6.